The van der Waals surface area contributed by atoms with Gasteiger partial charge in [0.25, 0.3) is 0 Å². The van der Waals surface area contributed by atoms with Crippen molar-refractivity contribution in [3.63, 3.8) is 0 Å². The number of rotatable bonds is 3. The highest BCUT2D eigenvalue weighted by Gasteiger charge is 2.20. The molecule has 0 aromatic carbocycles. The van der Waals surface area contributed by atoms with E-state index in [1.807, 2.05) is 12.3 Å². The first kappa shape index (κ1) is 13.7. The first-order chi connectivity index (χ1) is 9.81. The van der Waals surface area contributed by atoms with Crippen LogP contribution in [-0.4, -0.2) is 30.2 Å². The second-order valence-corrected chi connectivity index (χ2v) is 6.05. The molecule has 4 heteroatoms. The van der Waals surface area contributed by atoms with Gasteiger partial charge in [0.1, 0.15) is 11.6 Å². The maximum Gasteiger partial charge on any atom is 0.132 e. The first-order valence-electron chi connectivity index (χ1n) is 7.94. The Morgan fingerprint density at radius 1 is 1.10 bits per heavy atom. The number of nitrogens with two attached hydrogens (primary N) is 1. The number of pyridine rings is 1. The van der Waals surface area contributed by atoms with Crippen molar-refractivity contribution in [3.8, 4) is 5.75 Å². The molecule has 1 aromatic heterocycles. The molecule has 4 nitrogen and oxygen atoms in total. The summed E-state index contributed by atoms with van der Waals surface area (Å²) in [6.07, 6.45) is 10.4. The van der Waals surface area contributed by atoms with Crippen LogP contribution in [-0.2, 0) is 0 Å². The molecule has 0 radical (unpaired) electrons. The zero-order chi connectivity index (χ0) is 13.8. The van der Waals surface area contributed by atoms with Crippen LogP contribution in [0.5, 0.6) is 5.75 Å². The topological polar surface area (TPSA) is 51.4 Å². The van der Waals surface area contributed by atoms with Gasteiger partial charge in [-0.05, 0) is 51.0 Å². The zero-order valence-electron chi connectivity index (χ0n) is 12.1. The van der Waals surface area contributed by atoms with Gasteiger partial charge < -0.3 is 15.4 Å². The molecule has 3 rings (SSSR count). The maximum absolute atomic E-state index is 6.11. The van der Waals surface area contributed by atoms with E-state index in [9.17, 15) is 0 Å². The van der Waals surface area contributed by atoms with E-state index in [1.165, 1.54) is 19.3 Å². The number of anilines is 1. The van der Waals surface area contributed by atoms with Gasteiger partial charge >= 0.3 is 0 Å². The summed E-state index contributed by atoms with van der Waals surface area (Å²) in [5.41, 5.74) is 5.94. The highest BCUT2D eigenvalue weighted by molar-refractivity contribution is 5.43. The second-order valence-electron chi connectivity index (χ2n) is 6.05. The normalized spacial score (nSPS) is 27.4. The van der Waals surface area contributed by atoms with E-state index in [2.05, 4.69) is 16.0 Å². The number of hydrogen-bond acceptors (Lipinski definition) is 4. The van der Waals surface area contributed by atoms with Gasteiger partial charge in [-0.2, -0.15) is 0 Å². The Hall–Kier alpha value is -1.29. The number of ether oxygens (including phenoxy) is 1. The van der Waals surface area contributed by atoms with Gasteiger partial charge in [-0.25, -0.2) is 4.98 Å². The van der Waals surface area contributed by atoms with Gasteiger partial charge in [0.2, 0.25) is 0 Å². The van der Waals surface area contributed by atoms with Crippen LogP contribution in [0.1, 0.15) is 44.9 Å². The van der Waals surface area contributed by atoms with Crippen molar-refractivity contribution in [3.05, 3.63) is 18.3 Å². The van der Waals surface area contributed by atoms with Gasteiger partial charge in [0.15, 0.2) is 0 Å². The first-order valence-corrected chi connectivity index (χ1v) is 7.94. The van der Waals surface area contributed by atoms with E-state index >= 15 is 0 Å². The minimum atomic E-state index is 0.325. The zero-order valence-corrected chi connectivity index (χ0v) is 12.1. The van der Waals surface area contributed by atoms with Crippen LogP contribution in [0, 0.1) is 0 Å². The molecule has 2 fully saturated rings. The van der Waals surface area contributed by atoms with Gasteiger partial charge in [0, 0.05) is 31.4 Å². The fourth-order valence-electron chi connectivity index (χ4n) is 3.17. The molecule has 20 heavy (non-hydrogen) atoms. The highest BCUT2D eigenvalue weighted by atomic mass is 16.5. The lowest BCUT2D eigenvalue weighted by Crippen LogP contribution is -2.32. The Kier molecular flexibility index (Phi) is 4.41. The van der Waals surface area contributed by atoms with E-state index in [1.54, 1.807) is 0 Å². The fourth-order valence-corrected chi connectivity index (χ4v) is 3.17. The Morgan fingerprint density at radius 2 is 1.85 bits per heavy atom. The minimum Gasteiger partial charge on any atom is -0.490 e. The summed E-state index contributed by atoms with van der Waals surface area (Å²) in [6, 6.07) is 4.44. The lowest BCUT2D eigenvalue weighted by Gasteiger charge is -2.29. The van der Waals surface area contributed by atoms with E-state index in [0.29, 0.717) is 12.1 Å². The van der Waals surface area contributed by atoms with Crippen LogP contribution in [0.15, 0.2) is 18.3 Å². The van der Waals surface area contributed by atoms with Crippen molar-refractivity contribution in [2.75, 3.05) is 18.0 Å². The molecule has 0 atom stereocenters. The van der Waals surface area contributed by atoms with Crippen molar-refractivity contribution in [1.29, 1.82) is 0 Å². The molecule has 1 aromatic rings. The van der Waals surface area contributed by atoms with Gasteiger partial charge in [0.05, 0.1) is 6.10 Å². The molecule has 1 saturated carbocycles. The molecule has 2 N–H and O–H groups in total. The third kappa shape index (κ3) is 3.42. The van der Waals surface area contributed by atoms with Crippen LogP contribution < -0.4 is 15.4 Å². The second kappa shape index (κ2) is 6.44. The SMILES string of the molecule is NC1CCC(Oc2ccnc(N3CCCCC3)c2)CC1. The third-order valence-electron chi connectivity index (χ3n) is 4.42. The molecular formula is C16H25N3O. The molecular weight excluding hydrogens is 250 g/mol. The van der Waals surface area contributed by atoms with E-state index < -0.39 is 0 Å². The van der Waals surface area contributed by atoms with Crippen LogP contribution in [0.4, 0.5) is 5.82 Å². The average Bonchev–Trinajstić information content (AvgIpc) is 2.51. The van der Waals surface area contributed by atoms with E-state index in [-0.39, 0.29) is 0 Å². The molecule has 1 aliphatic heterocycles. The molecule has 0 amide bonds. The summed E-state index contributed by atoms with van der Waals surface area (Å²) in [5.74, 6) is 2.02. The van der Waals surface area contributed by atoms with Crippen molar-refractivity contribution in [2.24, 2.45) is 5.73 Å². The number of hydrogen-bond donors (Lipinski definition) is 1. The predicted molar refractivity (Wildman–Crippen MR) is 81.2 cm³/mol. The van der Waals surface area contributed by atoms with Crippen LogP contribution in [0.2, 0.25) is 0 Å². The molecule has 0 spiro atoms. The quantitative estimate of drug-likeness (QED) is 0.921. The maximum atomic E-state index is 6.11. The summed E-state index contributed by atoms with van der Waals surface area (Å²) in [5, 5.41) is 0. The Labute approximate surface area is 121 Å². The number of aromatic nitrogens is 1. The Morgan fingerprint density at radius 3 is 2.60 bits per heavy atom. The molecule has 2 aliphatic rings. The highest BCUT2D eigenvalue weighted by Crippen LogP contribution is 2.26. The fraction of sp³-hybridized carbons (Fsp3) is 0.688. The van der Waals surface area contributed by atoms with E-state index in [0.717, 1.165) is 50.3 Å². The molecule has 1 aliphatic carbocycles. The van der Waals surface area contributed by atoms with Crippen LogP contribution >= 0.6 is 0 Å². The molecule has 0 unspecified atom stereocenters. The summed E-state index contributed by atoms with van der Waals surface area (Å²) in [7, 11) is 0. The smallest absolute Gasteiger partial charge is 0.132 e. The lowest BCUT2D eigenvalue weighted by molar-refractivity contribution is 0.147. The summed E-state index contributed by atoms with van der Waals surface area (Å²) in [6.45, 7) is 2.24. The Bertz CT molecular complexity index is 423. The van der Waals surface area contributed by atoms with Gasteiger partial charge in [-0.15, -0.1) is 0 Å². The number of nitrogens with zero attached hydrogens (tertiary/aromatic N) is 2. The summed E-state index contributed by atoms with van der Waals surface area (Å²) < 4.78 is 6.11. The summed E-state index contributed by atoms with van der Waals surface area (Å²) >= 11 is 0. The molecule has 0 bridgehead atoms. The van der Waals surface area contributed by atoms with Crippen molar-refractivity contribution >= 4 is 5.82 Å². The standard InChI is InChI=1S/C16H25N3O/c17-13-4-6-14(7-5-13)20-15-8-9-18-16(12-15)19-10-2-1-3-11-19/h8-9,12-14H,1-7,10-11,17H2. The number of piperidine rings is 1. The predicted octanol–water partition coefficient (Wildman–Crippen LogP) is 2.72. The monoisotopic (exact) mass is 275 g/mol. The average molecular weight is 275 g/mol. The molecule has 2 heterocycles. The molecule has 1 saturated heterocycles. The van der Waals surface area contributed by atoms with Crippen LogP contribution in [0.25, 0.3) is 0 Å². The summed E-state index contributed by atoms with van der Waals surface area (Å²) in [4.78, 5) is 6.86. The van der Waals surface area contributed by atoms with Crippen molar-refractivity contribution in [2.45, 2.75) is 57.1 Å². The van der Waals surface area contributed by atoms with Crippen molar-refractivity contribution < 1.29 is 4.74 Å². The molecule has 110 valence electrons. The van der Waals surface area contributed by atoms with Gasteiger partial charge in [-0.1, -0.05) is 0 Å². The van der Waals surface area contributed by atoms with Crippen molar-refractivity contribution in [1.82, 2.24) is 4.98 Å². The minimum absolute atomic E-state index is 0.325. The van der Waals surface area contributed by atoms with E-state index in [4.69, 9.17) is 10.5 Å². The largest absolute Gasteiger partial charge is 0.490 e. The van der Waals surface area contributed by atoms with Gasteiger partial charge in [-0.3, -0.25) is 0 Å². The Balaban J connectivity index is 1.62. The lowest BCUT2D eigenvalue weighted by atomic mass is 9.94. The third-order valence-corrected chi connectivity index (χ3v) is 4.42. The van der Waals surface area contributed by atoms with Crippen LogP contribution in [0.3, 0.4) is 0 Å².